The standard InChI is InChI=1S/C14H15N5O2S2/c1-7-11(23-18-17-7)13(21)19-5-4-9-10(6-19)22-14(15-9)16-12(20)8-2-3-8/h8H,2-6H2,1H3,(H,15,16,20). The lowest BCUT2D eigenvalue weighted by atomic mass is 10.1. The van der Waals surface area contributed by atoms with Crippen LogP contribution in [0.1, 0.15) is 38.8 Å². The van der Waals surface area contributed by atoms with Crippen molar-refractivity contribution in [3.63, 3.8) is 0 Å². The van der Waals surface area contributed by atoms with Gasteiger partial charge in [0, 0.05) is 23.8 Å². The number of nitrogens with zero attached hydrogens (tertiary/aromatic N) is 4. The second kappa shape index (κ2) is 5.64. The van der Waals surface area contributed by atoms with Crippen LogP contribution >= 0.6 is 22.9 Å². The van der Waals surface area contributed by atoms with Crippen LogP contribution in [-0.2, 0) is 17.8 Å². The average molecular weight is 349 g/mol. The molecule has 2 amide bonds. The highest BCUT2D eigenvalue weighted by Gasteiger charge is 2.31. The summed E-state index contributed by atoms with van der Waals surface area (Å²) in [6.07, 6.45) is 2.66. The van der Waals surface area contributed by atoms with Gasteiger partial charge in [0.25, 0.3) is 5.91 Å². The zero-order valence-electron chi connectivity index (χ0n) is 12.5. The molecule has 0 spiro atoms. The summed E-state index contributed by atoms with van der Waals surface area (Å²) in [6.45, 7) is 2.95. The maximum Gasteiger partial charge on any atom is 0.267 e. The first-order valence-electron chi connectivity index (χ1n) is 7.49. The van der Waals surface area contributed by atoms with Gasteiger partial charge >= 0.3 is 0 Å². The Morgan fingerprint density at radius 3 is 2.87 bits per heavy atom. The molecule has 23 heavy (non-hydrogen) atoms. The second-order valence-electron chi connectivity index (χ2n) is 5.82. The van der Waals surface area contributed by atoms with Crippen LogP contribution in [0.5, 0.6) is 0 Å². The minimum atomic E-state index is -0.0277. The third kappa shape index (κ3) is 2.86. The molecule has 0 radical (unpaired) electrons. The summed E-state index contributed by atoms with van der Waals surface area (Å²) in [4.78, 5) is 32.3. The number of anilines is 1. The number of nitrogens with one attached hydrogen (secondary N) is 1. The maximum absolute atomic E-state index is 12.5. The number of fused-ring (bicyclic) bond motifs is 1. The second-order valence-corrected chi connectivity index (χ2v) is 7.65. The lowest BCUT2D eigenvalue weighted by molar-refractivity contribution is -0.117. The number of thiazole rings is 1. The van der Waals surface area contributed by atoms with Crippen LogP contribution in [0.4, 0.5) is 5.13 Å². The molecule has 1 aliphatic heterocycles. The van der Waals surface area contributed by atoms with E-state index in [1.54, 1.807) is 11.8 Å². The number of carbonyl (C=O) groups is 2. The molecule has 0 bridgehead atoms. The van der Waals surface area contributed by atoms with Crippen molar-refractivity contribution < 1.29 is 9.59 Å². The molecule has 3 heterocycles. The van der Waals surface area contributed by atoms with Gasteiger partial charge in [0.05, 0.1) is 17.9 Å². The van der Waals surface area contributed by atoms with Gasteiger partial charge in [-0.05, 0) is 31.3 Å². The van der Waals surface area contributed by atoms with E-state index in [9.17, 15) is 9.59 Å². The predicted octanol–water partition coefficient (Wildman–Crippen LogP) is 1.85. The average Bonchev–Trinajstić information content (AvgIpc) is 3.19. The molecular weight excluding hydrogens is 334 g/mol. The van der Waals surface area contributed by atoms with Crippen LogP contribution in [-0.4, -0.2) is 37.8 Å². The van der Waals surface area contributed by atoms with Gasteiger partial charge in [-0.2, -0.15) is 0 Å². The Kier molecular flexibility index (Phi) is 3.61. The molecule has 0 atom stereocenters. The lowest BCUT2D eigenvalue weighted by Gasteiger charge is -2.25. The Morgan fingerprint density at radius 2 is 2.17 bits per heavy atom. The summed E-state index contributed by atoms with van der Waals surface area (Å²) < 4.78 is 3.83. The van der Waals surface area contributed by atoms with Gasteiger partial charge in [-0.25, -0.2) is 4.98 Å². The lowest BCUT2D eigenvalue weighted by Crippen LogP contribution is -2.35. The number of amides is 2. The molecule has 2 aliphatic rings. The molecule has 7 nitrogen and oxygen atoms in total. The van der Waals surface area contributed by atoms with Gasteiger partial charge in [-0.15, -0.1) is 5.10 Å². The third-order valence-corrected chi connectivity index (χ3v) is 5.86. The minimum Gasteiger partial charge on any atom is -0.332 e. The molecule has 0 aromatic carbocycles. The third-order valence-electron chi connectivity index (χ3n) is 4.04. The van der Waals surface area contributed by atoms with Crippen molar-refractivity contribution in [1.29, 1.82) is 0 Å². The molecule has 0 saturated heterocycles. The number of hydrogen-bond donors (Lipinski definition) is 1. The highest BCUT2D eigenvalue weighted by Crippen LogP contribution is 2.33. The zero-order chi connectivity index (χ0) is 16.0. The van der Waals surface area contributed by atoms with E-state index in [-0.39, 0.29) is 17.7 Å². The predicted molar refractivity (Wildman–Crippen MR) is 86.6 cm³/mol. The summed E-state index contributed by atoms with van der Waals surface area (Å²) in [5, 5.41) is 7.44. The van der Waals surface area contributed by atoms with Crippen LogP contribution in [0.25, 0.3) is 0 Å². The van der Waals surface area contributed by atoms with E-state index in [2.05, 4.69) is 19.9 Å². The minimum absolute atomic E-state index is 0.0277. The SMILES string of the molecule is Cc1nnsc1C(=O)N1CCc2nc(NC(=O)C3CC3)sc2C1. The summed E-state index contributed by atoms with van der Waals surface area (Å²) >= 11 is 2.60. The Hall–Kier alpha value is -1.87. The Labute approximate surface area is 140 Å². The zero-order valence-corrected chi connectivity index (χ0v) is 14.2. The van der Waals surface area contributed by atoms with Crippen molar-refractivity contribution in [2.24, 2.45) is 5.92 Å². The topological polar surface area (TPSA) is 88.1 Å². The number of rotatable bonds is 3. The van der Waals surface area contributed by atoms with Gasteiger partial charge < -0.3 is 10.2 Å². The van der Waals surface area contributed by atoms with Crippen molar-refractivity contribution >= 4 is 39.8 Å². The van der Waals surface area contributed by atoms with E-state index < -0.39 is 0 Å². The fraction of sp³-hybridized carbons (Fsp3) is 0.500. The monoisotopic (exact) mass is 349 g/mol. The first-order valence-corrected chi connectivity index (χ1v) is 9.08. The Bertz CT molecular complexity index is 780. The molecule has 1 N–H and O–H groups in total. The number of hydrogen-bond acceptors (Lipinski definition) is 7. The van der Waals surface area contributed by atoms with Crippen LogP contribution in [0.15, 0.2) is 0 Å². The van der Waals surface area contributed by atoms with Crippen molar-refractivity contribution in [2.45, 2.75) is 32.7 Å². The molecule has 1 aliphatic carbocycles. The van der Waals surface area contributed by atoms with E-state index in [4.69, 9.17) is 0 Å². The summed E-state index contributed by atoms with van der Waals surface area (Å²) in [6, 6.07) is 0. The quantitative estimate of drug-likeness (QED) is 0.913. The van der Waals surface area contributed by atoms with Crippen molar-refractivity contribution in [1.82, 2.24) is 19.5 Å². The molecule has 120 valence electrons. The van der Waals surface area contributed by atoms with E-state index in [1.807, 2.05) is 0 Å². The van der Waals surface area contributed by atoms with E-state index in [0.29, 0.717) is 35.2 Å². The van der Waals surface area contributed by atoms with E-state index in [1.165, 1.54) is 11.3 Å². The highest BCUT2D eigenvalue weighted by atomic mass is 32.1. The maximum atomic E-state index is 12.5. The van der Waals surface area contributed by atoms with Gasteiger partial charge in [0.15, 0.2) is 5.13 Å². The highest BCUT2D eigenvalue weighted by molar-refractivity contribution is 7.15. The van der Waals surface area contributed by atoms with Gasteiger partial charge in [0.1, 0.15) is 4.88 Å². The molecule has 1 fully saturated rings. The first-order chi connectivity index (χ1) is 11.1. The van der Waals surface area contributed by atoms with Crippen molar-refractivity contribution in [2.75, 3.05) is 11.9 Å². The molecule has 0 unspecified atom stereocenters. The van der Waals surface area contributed by atoms with Gasteiger partial charge in [-0.3, -0.25) is 9.59 Å². The Morgan fingerprint density at radius 1 is 1.35 bits per heavy atom. The molecule has 1 saturated carbocycles. The normalized spacial score (nSPS) is 17.0. The Balaban J connectivity index is 1.48. The van der Waals surface area contributed by atoms with Crippen molar-refractivity contribution in [3.05, 3.63) is 21.1 Å². The number of carbonyl (C=O) groups excluding carboxylic acids is 2. The summed E-state index contributed by atoms with van der Waals surface area (Å²) in [5.74, 6) is 0.200. The number of aromatic nitrogens is 3. The largest absolute Gasteiger partial charge is 0.332 e. The number of aryl methyl sites for hydroxylation is 1. The van der Waals surface area contributed by atoms with Gasteiger partial charge in [0.2, 0.25) is 5.91 Å². The van der Waals surface area contributed by atoms with Crippen LogP contribution in [0.2, 0.25) is 0 Å². The molecular formula is C14H15N5O2S2. The molecule has 2 aromatic rings. The van der Waals surface area contributed by atoms with Crippen LogP contribution in [0, 0.1) is 12.8 Å². The first kappa shape index (κ1) is 14.7. The molecule has 4 rings (SSSR count). The van der Waals surface area contributed by atoms with Crippen molar-refractivity contribution in [3.8, 4) is 0 Å². The fourth-order valence-corrected chi connectivity index (χ4v) is 4.20. The van der Waals surface area contributed by atoms with E-state index in [0.717, 1.165) is 34.9 Å². The van der Waals surface area contributed by atoms with Crippen LogP contribution < -0.4 is 5.32 Å². The van der Waals surface area contributed by atoms with Crippen LogP contribution in [0.3, 0.4) is 0 Å². The summed E-state index contributed by atoms with van der Waals surface area (Å²) in [7, 11) is 0. The fourth-order valence-electron chi connectivity index (χ4n) is 2.55. The molecule has 9 heteroatoms. The van der Waals surface area contributed by atoms with E-state index >= 15 is 0 Å². The van der Waals surface area contributed by atoms with Gasteiger partial charge in [-0.1, -0.05) is 15.8 Å². The smallest absolute Gasteiger partial charge is 0.267 e. The molecule has 2 aromatic heterocycles. The summed E-state index contributed by atoms with van der Waals surface area (Å²) in [5.41, 5.74) is 1.66.